The molecule has 0 unspecified atom stereocenters. The van der Waals surface area contributed by atoms with E-state index in [2.05, 4.69) is 21.0 Å². The van der Waals surface area contributed by atoms with Crippen molar-refractivity contribution in [3.05, 3.63) is 21.9 Å². The van der Waals surface area contributed by atoms with E-state index in [9.17, 15) is 4.79 Å². The van der Waals surface area contributed by atoms with Crippen molar-refractivity contribution in [2.24, 2.45) is 7.05 Å². The van der Waals surface area contributed by atoms with Gasteiger partial charge in [0.25, 0.3) is 0 Å². The van der Waals surface area contributed by atoms with E-state index in [1.54, 1.807) is 30.9 Å². The quantitative estimate of drug-likeness (QED) is 0.806. The molecule has 5 heteroatoms. The molecule has 0 radical (unpaired) electrons. The Hall–Kier alpha value is -1.10. The number of nitrogens with zero attached hydrogens (tertiary/aromatic N) is 2. The van der Waals surface area contributed by atoms with Gasteiger partial charge in [0.05, 0.1) is 16.4 Å². The summed E-state index contributed by atoms with van der Waals surface area (Å²) in [5.74, 6) is -0.923. The first-order valence-corrected chi connectivity index (χ1v) is 4.40. The highest BCUT2D eigenvalue weighted by atomic mass is 79.9. The number of carbonyl (C=O) groups is 1. The summed E-state index contributed by atoms with van der Waals surface area (Å²) >= 11 is 3.27. The number of aryl methyl sites for hydroxylation is 1. The van der Waals surface area contributed by atoms with Crippen molar-refractivity contribution >= 4 is 28.0 Å². The van der Waals surface area contributed by atoms with Crippen LogP contribution in [0.1, 0.15) is 12.6 Å². The van der Waals surface area contributed by atoms with Crippen LogP contribution < -0.4 is 0 Å². The minimum atomic E-state index is -0.923. The Balaban J connectivity index is 3.10. The maximum absolute atomic E-state index is 10.5. The number of aliphatic carboxylic acids is 1. The van der Waals surface area contributed by atoms with Crippen LogP contribution in [-0.2, 0) is 11.8 Å². The van der Waals surface area contributed by atoms with Gasteiger partial charge in [-0.15, -0.1) is 0 Å². The highest BCUT2D eigenvalue weighted by molar-refractivity contribution is 9.10. The van der Waals surface area contributed by atoms with Gasteiger partial charge >= 0.3 is 5.97 Å². The smallest absolute Gasteiger partial charge is 0.331 e. The second-order valence-electron chi connectivity index (χ2n) is 2.63. The van der Waals surface area contributed by atoms with E-state index in [0.717, 1.165) is 10.2 Å². The molecule has 0 bridgehead atoms. The summed E-state index contributed by atoms with van der Waals surface area (Å²) in [6.07, 6.45) is 3.19. The molecule has 0 fully saturated rings. The minimum Gasteiger partial charge on any atom is -0.478 e. The molecule has 0 aliphatic carbocycles. The Kier molecular flexibility index (Phi) is 2.87. The monoisotopic (exact) mass is 244 g/mol. The molecule has 0 saturated carbocycles. The molecule has 0 saturated heterocycles. The Morgan fingerprint density at radius 2 is 2.38 bits per heavy atom. The minimum absolute atomic E-state index is 0.282. The zero-order valence-electron chi connectivity index (χ0n) is 7.28. The Labute approximate surface area is 84.0 Å². The molecule has 0 aromatic carbocycles. The summed E-state index contributed by atoms with van der Waals surface area (Å²) in [6.45, 7) is 1.54. The van der Waals surface area contributed by atoms with Gasteiger partial charge in [0.2, 0.25) is 0 Å². The molecule has 1 rings (SSSR count). The topological polar surface area (TPSA) is 55.1 Å². The predicted molar refractivity (Wildman–Crippen MR) is 52.2 cm³/mol. The third kappa shape index (κ3) is 2.18. The van der Waals surface area contributed by atoms with Crippen LogP contribution in [0.2, 0.25) is 0 Å². The lowest BCUT2D eigenvalue weighted by molar-refractivity contribution is -0.132. The molecular weight excluding hydrogens is 236 g/mol. The molecule has 70 valence electrons. The molecular formula is C8H9BrN2O2. The lowest BCUT2D eigenvalue weighted by Crippen LogP contribution is -1.98. The number of hydrogen-bond donors (Lipinski definition) is 1. The second-order valence-corrected chi connectivity index (χ2v) is 3.49. The third-order valence-corrected chi connectivity index (χ3v) is 2.24. The first-order valence-electron chi connectivity index (χ1n) is 3.61. The molecule has 0 aliphatic heterocycles. The van der Waals surface area contributed by atoms with Gasteiger partial charge in [-0.25, -0.2) is 4.79 Å². The van der Waals surface area contributed by atoms with E-state index in [1.807, 2.05) is 0 Å². The number of rotatable bonds is 2. The predicted octanol–water partition coefficient (Wildman–Crippen LogP) is 1.67. The molecule has 0 amide bonds. The van der Waals surface area contributed by atoms with Gasteiger partial charge in [-0.05, 0) is 28.9 Å². The molecule has 1 aromatic heterocycles. The fraction of sp³-hybridized carbons (Fsp3) is 0.250. The summed E-state index contributed by atoms with van der Waals surface area (Å²) in [7, 11) is 1.76. The SMILES string of the molecule is C/C(=C\c1c(Br)cnn1C)C(=O)O. The van der Waals surface area contributed by atoms with Crippen LogP contribution in [-0.4, -0.2) is 20.9 Å². The van der Waals surface area contributed by atoms with E-state index >= 15 is 0 Å². The number of hydrogen-bond acceptors (Lipinski definition) is 2. The van der Waals surface area contributed by atoms with Crippen LogP contribution in [0.3, 0.4) is 0 Å². The number of carboxylic acid groups (broad SMARTS) is 1. The largest absolute Gasteiger partial charge is 0.478 e. The zero-order chi connectivity index (χ0) is 10.0. The van der Waals surface area contributed by atoms with E-state index in [1.165, 1.54) is 0 Å². The first-order chi connectivity index (χ1) is 6.02. The van der Waals surface area contributed by atoms with Crippen molar-refractivity contribution in [2.45, 2.75) is 6.92 Å². The van der Waals surface area contributed by atoms with Crippen LogP contribution in [0.15, 0.2) is 16.2 Å². The Morgan fingerprint density at radius 1 is 1.77 bits per heavy atom. The van der Waals surface area contributed by atoms with Crippen LogP contribution in [0, 0.1) is 0 Å². The summed E-state index contributed by atoms with van der Waals surface area (Å²) in [5, 5.41) is 12.6. The van der Waals surface area contributed by atoms with Crippen LogP contribution in [0.5, 0.6) is 0 Å². The lowest BCUT2D eigenvalue weighted by Gasteiger charge is -1.97. The first kappa shape index (κ1) is 9.98. The summed E-state index contributed by atoms with van der Waals surface area (Å²) in [6, 6.07) is 0. The molecule has 0 spiro atoms. The molecule has 1 aromatic rings. The van der Waals surface area contributed by atoms with Crippen molar-refractivity contribution in [3.63, 3.8) is 0 Å². The van der Waals surface area contributed by atoms with Crippen molar-refractivity contribution in [1.29, 1.82) is 0 Å². The van der Waals surface area contributed by atoms with E-state index in [4.69, 9.17) is 5.11 Å². The average Bonchev–Trinajstić information content (AvgIpc) is 2.35. The maximum atomic E-state index is 10.5. The highest BCUT2D eigenvalue weighted by Gasteiger charge is 2.06. The van der Waals surface area contributed by atoms with Gasteiger partial charge in [0.15, 0.2) is 0 Å². The molecule has 13 heavy (non-hydrogen) atoms. The van der Waals surface area contributed by atoms with Gasteiger partial charge in [0.1, 0.15) is 0 Å². The zero-order valence-corrected chi connectivity index (χ0v) is 8.87. The summed E-state index contributed by atoms with van der Waals surface area (Å²) < 4.78 is 2.40. The van der Waals surface area contributed by atoms with Crippen molar-refractivity contribution in [3.8, 4) is 0 Å². The van der Waals surface area contributed by atoms with Crippen LogP contribution in [0.4, 0.5) is 0 Å². The van der Waals surface area contributed by atoms with Crippen molar-refractivity contribution < 1.29 is 9.90 Å². The van der Waals surface area contributed by atoms with Gasteiger partial charge in [-0.2, -0.15) is 5.10 Å². The number of carboxylic acids is 1. The molecule has 4 nitrogen and oxygen atoms in total. The van der Waals surface area contributed by atoms with Crippen LogP contribution in [0.25, 0.3) is 6.08 Å². The fourth-order valence-corrected chi connectivity index (χ4v) is 1.31. The fourth-order valence-electron chi connectivity index (χ4n) is 0.849. The molecule has 0 aliphatic rings. The number of halogens is 1. The van der Waals surface area contributed by atoms with Gasteiger partial charge in [0, 0.05) is 12.6 Å². The standard InChI is InChI=1S/C8H9BrN2O2/c1-5(8(12)13)3-7-6(9)4-10-11(7)2/h3-4H,1-2H3,(H,12,13)/b5-3+. The third-order valence-electron chi connectivity index (χ3n) is 1.63. The second kappa shape index (κ2) is 3.74. The van der Waals surface area contributed by atoms with E-state index in [0.29, 0.717) is 0 Å². The summed E-state index contributed by atoms with van der Waals surface area (Å²) in [5.41, 5.74) is 1.03. The normalized spacial score (nSPS) is 11.8. The Morgan fingerprint density at radius 3 is 2.77 bits per heavy atom. The van der Waals surface area contributed by atoms with Crippen molar-refractivity contribution in [2.75, 3.05) is 0 Å². The van der Waals surface area contributed by atoms with Gasteiger partial charge < -0.3 is 5.11 Å². The molecule has 0 atom stereocenters. The van der Waals surface area contributed by atoms with Crippen molar-refractivity contribution in [1.82, 2.24) is 9.78 Å². The Bertz CT molecular complexity index is 349. The lowest BCUT2D eigenvalue weighted by atomic mass is 10.2. The van der Waals surface area contributed by atoms with Gasteiger partial charge in [-0.1, -0.05) is 0 Å². The van der Waals surface area contributed by atoms with E-state index < -0.39 is 5.97 Å². The molecule has 1 heterocycles. The highest BCUT2D eigenvalue weighted by Crippen LogP contribution is 2.17. The van der Waals surface area contributed by atoms with Crippen LogP contribution >= 0.6 is 15.9 Å². The molecule has 1 N–H and O–H groups in total. The summed E-state index contributed by atoms with van der Waals surface area (Å²) in [4.78, 5) is 10.5. The number of aromatic nitrogens is 2. The van der Waals surface area contributed by atoms with Gasteiger partial charge in [-0.3, -0.25) is 4.68 Å². The maximum Gasteiger partial charge on any atom is 0.331 e. The average molecular weight is 245 g/mol. The van der Waals surface area contributed by atoms with E-state index in [-0.39, 0.29) is 5.57 Å².